The van der Waals surface area contributed by atoms with E-state index in [1.54, 1.807) is 18.2 Å². The maximum absolute atomic E-state index is 12.9. The third kappa shape index (κ3) is 3.73. The zero-order valence-corrected chi connectivity index (χ0v) is 15.9. The number of sulfonamides is 1. The Kier molecular flexibility index (Phi) is 5.46. The molecule has 0 atom stereocenters. The molecule has 138 valence electrons. The molecule has 0 spiro atoms. The van der Waals surface area contributed by atoms with Crippen LogP contribution in [-0.2, 0) is 10.0 Å². The number of piperazine rings is 1. The summed E-state index contributed by atoms with van der Waals surface area (Å²) >= 11 is 0. The van der Waals surface area contributed by atoms with Crippen LogP contribution >= 0.6 is 0 Å². The fraction of sp³-hybridized carbons (Fsp3) is 0.611. The van der Waals surface area contributed by atoms with Gasteiger partial charge in [-0.05, 0) is 44.0 Å². The molecule has 2 fully saturated rings. The van der Waals surface area contributed by atoms with Crippen molar-refractivity contribution in [2.45, 2.75) is 31.6 Å². The van der Waals surface area contributed by atoms with Crippen molar-refractivity contribution in [2.75, 3.05) is 45.8 Å². The lowest BCUT2D eigenvalue weighted by Gasteiger charge is -2.34. The molecule has 0 N–H and O–H groups in total. The molecule has 0 unspecified atom stereocenters. The number of carbonyl (C=O) groups is 1. The van der Waals surface area contributed by atoms with Crippen molar-refractivity contribution in [3.8, 4) is 0 Å². The minimum absolute atomic E-state index is 0.0632. The highest BCUT2D eigenvalue weighted by Crippen LogP contribution is 2.24. The molecule has 6 nitrogen and oxygen atoms in total. The molecule has 0 saturated carbocycles. The van der Waals surface area contributed by atoms with Crippen LogP contribution in [0.3, 0.4) is 0 Å². The highest BCUT2D eigenvalue weighted by molar-refractivity contribution is 7.89. The van der Waals surface area contributed by atoms with E-state index in [9.17, 15) is 13.2 Å². The van der Waals surface area contributed by atoms with Crippen molar-refractivity contribution in [3.05, 3.63) is 29.3 Å². The summed E-state index contributed by atoms with van der Waals surface area (Å²) in [6.07, 6.45) is 1.80. The van der Waals surface area contributed by atoms with Gasteiger partial charge in [-0.3, -0.25) is 4.79 Å². The third-order valence-electron chi connectivity index (χ3n) is 5.25. The number of likely N-dealkylation sites (N-methyl/N-ethyl adjacent to an activating group) is 1. The molecule has 25 heavy (non-hydrogen) atoms. The zero-order valence-electron chi connectivity index (χ0n) is 15.1. The lowest BCUT2D eigenvalue weighted by Crippen LogP contribution is -2.48. The summed E-state index contributed by atoms with van der Waals surface area (Å²) < 4.78 is 27.1. The first-order valence-electron chi connectivity index (χ1n) is 9.06. The van der Waals surface area contributed by atoms with E-state index >= 15 is 0 Å². The van der Waals surface area contributed by atoms with E-state index in [-0.39, 0.29) is 10.8 Å². The van der Waals surface area contributed by atoms with Crippen molar-refractivity contribution in [1.29, 1.82) is 0 Å². The predicted molar refractivity (Wildman–Crippen MR) is 97.2 cm³/mol. The smallest absolute Gasteiger partial charge is 0.254 e. The van der Waals surface area contributed by atoms with Crippen LogP contribution in [0.4, 0.5) is 0 Å². The third-order valence-corrected chi connectivity index (χ3v) is 7.14. The van der Waals surface area contributed by atoms with Gasteiger partial charge in [0.2, 0.25) is 10.0 Å². The standard InChI is InChI=1S/C18H27N3O3S/c1-3-19-10-12-20(13-11-19)18(22)17-14-16(7-6-15(17)2)25(23,24)21-8-4-5-9-21/h6-7,14H,3-5,8-13H2,1-2H3. The van der Waals surface area contributed by atoms with Gasteiger partial charge in [0.05, 0.1) is 4.90 Å². The highest BCUT2D eigenvalue weighted by atomic mass is 32.2. The first kappa shape index (κ1) is 18.4. The van der Waals surface area contributed by atoms with E-state index in [0.717, 1.165) is 38.0 Å². The van der Waals surface area contributed by atoms with Gasteiger partial charge in [-0.1, -0.05) is 13.0 Å². The second kappa shape index (κ2) is 7.43. The lowest BCUT2D eigenvalue weighted by atomic mass is 10.1. The van der Waals surface area contributed by atoms with Crippen LogP contribution in [0.15, 0.2) is 23.1 Å². The largest absolute Gasteiger partial charge is 0.336 e. The predicted octanol–water partition coefficient (Wildman–Crippen LogP) is 1.56. The Morgan fingerprint density at radius 3 is 2.28 bits per heavy atom. The molecule has 0 aromatic heterocycles. The number of carbonyl (C=O) groups excluding carboxylic acids is 1. The normalized spacial score (nSPS) is 20.2. The van der Waals surface area contributed by atoms with Gasteiger partial charge in [-0.25, -0.2) is 8.42 Å². The van der Waals surface area contributed by atoms with Crippen LogP contribution < -0.4 is 0 Å². The Bertz CT molecular complexity index is 734. The molecule has 0 radical (unpaired) electrons. The molecule has 1 aromatic carbocycles. The maximum atomic E-state index is 12.9. The SMILES string of the molecule is CCN1CCN(C(=O)c2cc(S(=O)(=O)N3CCCC3)ccc2C)CC1. The minimum Gasteiger partial charge on any atom is -0.336 e. The summed E-state index contributed by atoms with van der Waals surface area (Å²) in [6, 6.07) is 4.94. The van der Waals surface area contributed by atoms with E-state index in [2.05, 4.69) is 11.8 Å². The molecule has 1 amide bonds. The first-order chi connectivity index (χ1) is 11.9. The topological polar surface area (TPSA) is 60.9 Å². The molecular formula is C18H27N3O3S. The van der Waals surface area contributed by atoms with Gasteiger partial charge in [-0.15, -0.1) is 0 Å². The highest BCUT2D eigenvalue weighted by Gasteiger charge is 2.29. The molecule has 1 aromatic rings. The molecular weight excluding hydrogens is 338 g/mol. The van der Waals surface area contributed by atoms with Crippen molar-refractivity contribution in [1.82, 2.24) is 14.1 Å². The van der Waals surface area contributed by atoms with Gasteiger partial charge in [0.1, 0.15) is 0 Å². The first-order valence-corrected chi connectivity index (χ1v) is 10.5. The quantitative estimate of drug-likeness (QED) is 0.812. The molecule has 2 aliphatic heterocycles. The Morgan fingerprint density at radius 2 is 1.68 bits per heavy atom. The van der Waals surface area contributed by atoms with E-state index in [1.807, 2.05) is 11.8 Å². The molecule has 3 rings (SSSR count). The Hall–Kier alpha value is -1.44. The molecule has 2 saturated heterocycles. The lowest BCUT2D eigenvalue weighted by molar-refractivity contribution is 0.0642. The average Bonchev–Trinajstić information content (AvgIpc) is 3.17. The summed E-state index contributed by atoms with van der Waals surface area (Å²) in [4.78, 5) is 17.3. The van der Waals surface area contributed by atoms with Gasteiger partial charge >= 0.3 is 0 Å². The molecule has 0 aliphatic carbocycles. The van der Waals surface area contributed by atoms with Crippen molar-refractivity contribution < 1.29 is 13.2 Å². The Labute approximate surface area is 150 Å². The Balaban J connectivity index is 1.83. The summed E-state index contributed by atoms with van der Waals surface area (Å²) in [5.41, 5.74) is 1.33. The number of rotatable bonds is 4. The van der Waals surface area contributed by atoms with Crippen molar-refractivity contribution >= 4 is 15.9 Å². The van der Waals surface area contributed by atoms with Gasteiger partial charge < -0.3 is 9.80 Å². The van der Waals surface area contributed by atoms with Crippen LogP contribution in [0, 0.1) is 6.92 Å². The monoisotopic (exact) mass is 365 g/mol. The fourth-order valence-corrected chi connectivity index (χ4v) is 5.05. The fourth-order valence-electron chi connectivity index (χ4n) is 3.51. The van der Waals surface area contributed by atoms with Crippen LogP contribution in [-0.4, -0.2) is 74.2 Å². The van der Waals surface area contributed by atoms with Gasteiger partial charge in [-0.2, -0.15) is 4.31 Å². The van der Waals surface area contributed by atoms with Crippen LogP contribution in [0.5, 0.6) is 0 Å². The van der Waals surface area contributed by atoms with E-state index in [0.29, 0.717) is 31.7 Å². The van der Waals surface area contributed by atoms with Gasteiger partial charge in [0.15, 0.2) is 0 Å². The number of aryl methyl sites for hydroxylation is 1. The van der Waals surface area contributed by atoms with Crippen LogP contribution in [0.1, 0.15) is 35.7 Å². The molecule has 2 aliphatic rings. The molecule has 7 heteroatoms. The second-order valence-corrected chi connectivity index (χ2v) is 8.75. The number of hydrogen-bond acceptors (Lipinski definition) is 4. The maximum Gasteiger partial charge on any atom is 0.254 e. The minimum atomic E-state index is -3.50. The van der Waals surface area contributed by atoms with E-state index < -0.39 is 10.0 Å². The van der Waals surface area contributed by atoms with Crippen LogP contribution in [0.2, 0.25) is 0 Å². The summed E-state index contributed by atoms with van der Waals surface area (Å²) in [6.45, 7) is 9.22. The van der Waals surface area contributed by atoms with E-state index in [4.69, 9.17) is 0 Å². The van der Waals surface area contributed by atoms with Crippen molar-refractivity contribution in [3.63, 3.8) is 0 Å². The second-order valence-electron chi connectivity index (χ2n) is 6.81. The summed E-state index contributed by atoms with van der Waals surface area (Å²) in [7, 11) is -3.50. The average molecular weight is 365 g/mol. The molecule has 0 bridgehead atoms. The Morgan fingerprint density at radius 1 is 1.04 bits per heavy atom. The number of benzene rings is 1. The van der Waals surface area contributed by atoms with Gasteiger partial charge in [0.25, 0.3) is 5.91 Å². The van der Waals surface area contributed by atoms with Gasteiger partial charge in [0, 0.05) is 44.8 Å². The number of nitrogens with zero attached hydrogens (tertiary/aromatic N) is 3. The summed E-state index contributed by atoms with van der Waals surface area (Å²) in [5, 5.41) is 0. The van der Waals surface area contributed by atoms with E-state index in [1.165, 1.54) is 4.31 Å². The number of hydrogen-bond donors (Lipinski definition) is 0. The van der Waals surface area contributed by atoms with Crippen LogP contribution in [0.25, 0.3) is 0 Å². The molecule has 2 heterocycles. The number of amides is 1. The van der Waals surface area contributed by atoms with Crippen molar-refractivity contribution in [2.24, 2.45) is 0 Å². The summed E-state index contributed by atoms with van der Waals surface area (Å²) in [5.74, 6) is -0.0632. The zero-order chi connectivity index (χ0) is 18.0.